The Kier molecular flexibility index (Phi) is 2.40. The summed E-state index contributed by atoms with van der Waals surface area (Å²) in [5.41, 5.74) is 9.45. The van der Waals surface area contributed by atoms with Gasteiger partial charge in [0.25, 0.3) is 0 Å². The van der Waals surface area contributed by atoms with Crippen molar-refractivity contribution in [3.05, 3.63) is 29.8 Å². The van der Waals surface area contributed by atoms with E-state index in [9.17, 15) is 0 Å². The highest BCUT2D eigenvalue weighted by molar-refractivity contribution is 5.82. The van der Waals surface area contributed by atoms with Crippen LogP contribution in [0.4, 0.5) is 5.82 Å². The summed E-state index contributed by atoms with van der Waals surface area (Å²) >= 11 is 0. The van der Waals surface area contributed by atoms with Crippen LogP contribution in [0.2, 0.25) is 0 Å². The molecule has 0 atom stereocenters. The zero-order chi connectivity index (χ0) is 12.7. The van der Waals surface area contributed by atoms with Gasteiger partial charge in [0.15, 0.2) is 11.5 Å². The molecule has 3 heterocycles. The van der Waals surface area contributed by atoms with Crippen molar-refractivity contribution in [1.29, 1.82) is 0 Å². The summed E-state index contributed by atoms with van der Waals surface area (Å²) in [6.45, 7) is 4.10. The molecule has 0 radical (unpaired) electrons. The van der Waals surface area contributed by atoms with Crippen LogP contribution in [0.5, 0.6) is 0 Å². The molecule has 0 saturated heterocycles. The van der Waals surface area contributed by atoms with Crippen LogP contribution in [-0.4, -0.2) is 19.4 Å². The highest BCUT2D eigenvalue weighted by atomic mass is 15.1. The van der Waals surface area contributed by atoms with E-state index in [2.05, 4.69) is 21.9 Å². The third-order valence-corrected chi connectivity index (χ3v) is 3.06. The van der Waals surface area contributed by atoms with Crippen molar-refractivity contribution in [2.75, 3.05) is 5.73 Å². The van der Waals surface area contributed by atoms with Crippen LogP contribution >= 0.6 is 0 Å². The van der Waals surface area contributed by atoms with Gasteiger partial charge in [-0.05, 0) is 25.5 Å². The molecule has 3 rings (SSSR count). The molecule has 0 unspecified atom stereocenters. The minimum atomic E-state index is 0.517. The molecule has 92 valence electrons. The van der Waals surface area contributed by atoms with Crippen molar-refractivity contribution in [1.82, 2.24) is 19.4 Å². The predicted octanol–water partition coefficient (Wildman–Crippen LogP) is 2.12. The first-order valence-corrected chi connectivity index (χ1v) is 6.10. The Labute approximate surface area is 105 Å². The molecule has 0 amide bonds. The molecule has 0 aliphatic rings. The lowest BCUT2D eigenvalue weighted by atomic mass is 10.3. The number of pyridine rings is 1. The minimum Gasteiger partial charge on any atom is -0.382 e. The van der Waals surface area contributed by atoms with E-state index >= 15 is 0 Å². The van der Waals surface area contributed by atoms with E-state index in [0.29, 0.717) is 5.82 Å². The normalized spacial score (nSPS) is 11.4. The number of hydrogen-bond acceptors (Lipinski definition) is 4. The fourth-order valence-corrected chi connectivity index (χ4v) is 2.34. The van der Waals surface area contributed by atoms with Gasteiger partial charge in [0.05, 0.1) is 5.69 Å². The van der Waals surface area contributed by atoms with Crippen LogP contribution in [0.25, 0.3) is 16.7 Å². The lowest BCUT2D eigenvalue weighted by molar-refractivity contribution is 0.833. The maximum atomic E-state index is 6.03. The lowest BCUT2D eigenvalue weighted by Gasteiger charge is -2.06. The fourth-order valence-electron chi connectivity index (χ4n) is 2.34. The summed E-state index contributed by atoms with van der Waals surface area (Å²) in [7, 11) is 0. The molecule has 0 aliphatic heterocycles. The summed E-state index contributed by atoms with van der Waals surface area (Å²) < 4.78 is 2.04. The van der Waals surface area contributed by atoms with Crippen molar-refractivity contribution in [3.63, 3.8) is 0 Å². The quantitative estimate of drug-likeness (QED) is 0.746. The topological polar surface area (TPSA) is 69.1 Å². The van der Waals surface area contributed by atoms with Gasteiger partial charge in [-0.3, -0.25) is 4.40 Å². The van der Waals surface area contributed by atoms with E-state index in [-0.39, 0.29) is 0 Å². The second-order valence-electron chi connectivity index (χ2n) is 4.39. The van der Waals surface area contributed by atoms with Crippen LogP contribution in [0.1, 0.15) is 24.9 Å². The smallest absolute Gasteiger partial charge is 0.164 e. The number of anilines is 1. The van der Waals surface area contributed by atoms with Crippen LogP contribution in [0.15, 0.2) is 18.3 Å². The molecule has 18 heavy (non-hydrogen) atoms. The number of nitrogens with two attached hydrogens (primary N) is 1. The first kappa shape index (κ1) is 11.0. The van der Waals surface area contributed by atoms with Gasteiger partial charge in [0.2, 0.25) is 0 Å². The number of rotatable bonds is 2. The summed E-state index contributed by atoms with van der Waals surface area (Å²) in [6, 6.07) is 3.78. The van der Waals surface area contributed by atoms with Gasteiger partial charge in [0.1, 0.15) is 16.9 Å². The second-order valence-corrected chi connectivity index (χ2v) is 4.39. The molecule has 0 spiro atoms. The first-order chi connectivity index (χ1) is 8.72. The summed E-state index contributed by atoms with van der Waals surface area (Å²) in [5.74, 6) is 1.52. The molecule has 2 N–H and O–H groups in total. The Morgan fingerprint density at radius 1 is 1.33 bits per heavy atom. The second kappa shape index (κ2) is 3.94. The summed E-state index contributed by atoms with van der Waals surface area (Å²) in [5, 5.41) is 0. The van der Waals surface area contributed by atoms with E-state index in [0.717, 1.165) is 41.0 Å². The van der Waals surface area contributed by atoms with E-state index in [1.54, 1.807) is 6.20 Å². The number of nitrogen functional groups attached to an aromatic ring is 1. The molecule has 0 saturated carbocycles. The van der Waals surface area contributed by atoms with Gasteiger partial charge in [-0.2, -0.15) is 0 Å². The van der Waals surface area contributed by atoms with Crippen molar-refractivity contribution in [2.45, 2.75) is 26.7 Å². The number of aryl methyl sites for hydroxylation is 2. The van der Waals surface area contributed by atoms with Crippen molar-refractivity contribution in [2.24, 2.45) is 0 Å². The van der Waals surface area contributed by atoms with Gasteiger partial charge in [0, 0.05) is 12.6 Å². The molecular weight excluding hydrogens is 226 g/mol. The van der Waals surface area contributed by atoms with Gasteiger partial charge < -0.3 is 5.73 Å². The average Bonchev–Trinajstić information content (AvgIpc) is 2.68. The van der Waals surface area contributed by atoms with Crippen LogP contribution < -0.4 is 5.73 Å². The van der Waals surface area contributed by atoms with Crippen LogP contribution in [0, 0.1) is 6.92 Å². The first-order valence-electron chi connectivity index (χ1n) is 6.10. The van der Waals surface area contributed by atoms with Crippen molar-refractivity contribution in [3.8, 4) is 0 Å². The zero-order valence-electron chi connectivity index (χ0n) is 10.5. The molecule has 0 aliphatic carbocycles. The molecule has 0 fully saturated rings. The molecule has 5 nitrogen and oxygen atoms in total. The van der Waals surface area contributed by atoms with Gasteiger partial charge in [-0.15, -0.1) is 0 Å². The monoisotopic (exact) mass is 241 g/mol. The van der Waals surface area contributed by atoms with Crippen LogP contribution in [-0.2, 0) is 6.42 Å². The van der Waals surface area contributed by atoms with E-state index in [1.165, 1.54) is 0 Å². The van der Waals surface area contributed by atoms with E-state index < -0.39 is 0 Å². The summed E-state index contributed by atoms with van der Waals surface area (Å²) in [4.78, 5) is 13.4. The van der Waals surface area contributed by atoms with Gasteiger partial charge in [-0.25, -0.2) is 15.0 Å². The highest BCUT2D eigenvalue weighted by Crippen LogP contribution is 2.23. The maximum Gasteiger partial charge on any atom is 0.164 e. The standard InChI is InChI=1S/C13H15N5/c1-3-5-10-16-8(2)11-12(14)17-9-6-4-7-15-13(9)18(10)11/h4,6-7H,3,5H2,1-2H3,(H2,14,17). The molecule has 0 bridgehead atoms. The maximum absolute atomic E-state index is 6.03. The lowest BCUT2D eigenvalue weighted by Crippen LogP contribution is -2.02. The Morgan fingerprint density at radius 3 is 2.94 bits per heavy atom. The highest BCUT2D eigenvalue weighted by Gasteiger charge is 2.14. The molecule has 3 aromatic rings. The Bertz CT molecular complexity index is 729. The third kappa shape index (κ3) is 1.44. The molecular formula is C13H15N5. The molecule has 0 aromatic carbocycles. The number of nitrogens with zero attached hydrogens (tertiary/aromatic N) is 4. The number of aromatic nitrogens is 4. The SMILES string of the molecule is CCCc1nc(C)c2c(N)nc3cccnc3n12. The Morgan fingerprint density at radius 2 is 2.17 bits per heavy atom. The van der Waals surface area contributed by atoms with E-state index in [1.807, 2.05) is 23.5 Å². The Balaban J connectivity index is 2.52. The zero-order valence-corrected chi connectivity index (χ0v) is 10.5. The Hall–Kier alpha value is -2.17. The van der Waals surface area contributed by atoms with Crippen molar-refractivity contribution < 1.29 is 0 Å². The van der Waals surface area contributed by atoms with Gasteiger partial charge >= 0.3 is 0 Å². The van der Waals surface area contributed by atoms with Crippen molar-refractivity contribution >= 4 is 22.5 Å². The number of imidazole rings is 1. The average molecular weight is 241 g/mol. The molecule has 5 heteroatoms. The largest absolute Gasteiger partial charge is 0.382 e. The van der Waals surface area contributed by atoms with E-state index in [4.69, 9.17) is 5.73 Å². The predicted molar refractivity (Wildman–Crippen MR) is 71.4 cm³/mol. The number of fused-ring (bicyclic) bond motifs is 3. The minimum absolute atomic E-state index is 0.517. The third-order valence-electron chi connectivity index (χ3n) is 3.06. The van der Waals surface area contributed by atoms with Gasteiger partial charge in [-0.1, -0.05) is 6.92 Å². The molecule has 3 aromatic heterocycles. The summed E-state index contributed by atoms with van der Waals surface area (Å²) in [6.07, 6.45) is 3.71. The number of hydrogen-bond donors (Lipinski definition) is 1. The van der Waals surface area contributed by atoms with Crippen LogP contribution in [0.3, 0.4) is 0 Å². The fraction of sp³-hybridized carbons (Fsp3) is 0.308.